The molecular formula is C21H22ClN9OS. The number of halogens is 1. The molecule has 1 aliphatic heterocycles. The Morgan fingerprint density at radius 2 is 2.24 bits per heavy atom. The molecule has 12 heteroatoms. The Balaban J connectivity index is 1.32. The number of carbonyl (C=O) groups excluding carboxylic acids is 1. The molecule has 0 bridgehead atoms. The molecule has 0 spiro atoms. The predicted octanol–water partition coefficient (Wildman–Crippen LogP) is 4.18. The van der Waals surface area contributed by atoms with E-state index in [0.717, 1.165) is 17.8 Å². The van der Waals surface area contributed by atoms with Gasteiger partial charge in [-0.15, -0.1) is 0 Å². The molecule has 0 aromatic carbocycles. The molecule has 1 saturated heterocycles. The van der Waals surface area contributed by atoms with Gasteiger partial charge < -0.3 is 10.2 Å². The van der Waals surface area contributed by atoms with Crippen LogP contribution in [-0.2, 0) is 4.79 Å². The lowest BCUT2D eigenvalue weighted by Crippen LogP contribution is -2.51. The zero-order chi connectivity index (χ0) is 22.6. The van der Waals surface area contributed by atoms with Crippen molar-refractivity contribution in [1.82, 2.24) is 29.5 Å². The highest BCUT2D eigenvalue weighted by Gasteiger charge is 2.45. The first-order valence-electron chi connectivity index (χ1n) is 10.9. The van der Waals surface area contributed by atoms with Gasteiger partial charge in [0.1, 0.15) is 15.5 Å². The first-order valence-corrected chi connectivity index (χ1v) is 12.1. The van der Waals surface area contributed by atoms with Gasteiger partial charge in [-0.05, 0) is 44.7 Å². The van der Waals surface area contributed by atoms with Gasteiger partial charge in [-0.2, -0.15) is 15.1 Å². The van der Waals surface area contributed by atoms with E-state index in [4.69, 9.17) is 21.6 Å². The summed E-state index contributed by atoms with van der Waals surface area (Å²) in [6, 6.07) is 5.87. The maximum absolute atomic E-state index is 13.3. The number of anilines is 4. The van der Waals surface area contributed by atoms with E-state index in [9.17, 15) is 4.79 Å². The molecule has 4 aromatic rings. The zero-order valence-corrected chi connectivity index (χ0v) is 19.4. The highest BCUT2D eigenvalue weighted by Crippen LogP contribution is 2.40. The monoisotopic (exact) mass is 483 g/mol. The Labute approximate surface area is 198 Å². The van der Waals surface area contributed by atoms with Crippen molar-refractivity contribution in [2.75, 3.05) is 22.1 Å². The molecule has 5 heterocycles. The number of nitrogens with zero attached hydrogens (tertiary/aromatic N) is 6. The van der Waals surface area contributed by atoms with Crippen molar-refractivity contribution >= 4 is 57.3 Å². The topological polar surface area (TPSA) is 116 Å². The third-order valence-corrected chi connectivity index (χ3v) is 7.33. The van der Waals surface area contributed by atoms with Gasteiger partial charge in [-0.3, -0.25) is 19.6 Å². The Kier molecular flexibility index (Phi) is 4.77. The van der Waals surface area contributed by atoms with Gasteiger partial charge in [0.25, 0.3) is 5.91 Å². The van der Waals surface area contributed by atoms with Crippen LogP contribution in [0.25, 0.3) is 5.65 Å². The molecule has 0 radical (unpaired) electrons. The van der Waals surface area contributed by atoms with Crippen molar-refractivity contribution < 1.29 is 4.79 Å². The summed E-state index contributed by atoms with van der Waals surface area (Å²) in [4.78, 5) is 28.9. The van der Waals surface area contributed by atoms with Crippen LogP contribution in [0.2, 0.25) is 4.34 Å². The Hall–Kier alpha value is -3.18. The summed E-state index contributed by atoms with van der Waals surface area (Å²) in [7, 11) is 0. The van der Waals surface area contributed by atoms with Gasteiger partial charge in [0.15, 0.2) is 10.9 Å². The highest BCUT2D eigenvalue weighted by molar-refractivity contribution is 7.19. The second-order valence-corrected chi connectivity index (χ2v) is 10.3. The molecule has 4 aromatic heterocycles. The molecule has 1 amide bonds. The molecular weight excluding hydrogens is 462 g/mol. The molecule has 0 unspecified atom stereocenters. The van der Waals surface area contributed by atoms with Crippen molar-refractivity contribution in [3.05, 3.63) is 40.6 Å². The van der Waals surface area contributed by atoms with E-state index in [1.807, 2.05) is 40.6 Å². The van der Waals surface area contributed by atoms with Crippen LogP contribution in [0, 0.1) is 0 Å². The minimum Gasteiger partial charge on any atom is -0.326 e. The fourth-order valence-corrected chi connectivity index (χ4v) is 5.12. The predicted molar refractivity (Wildman–Crippen MR) is 128 cm³/mol. The molecule has 170 valence electrons. The number of thiazole rings is 1. The van der Waals surface area contributed by atoms with E-state index in [1.54, 1.807) is 0 Å². The lowest BCUT2D eigenvalue weighted by molar-refractivity contribution is -0.120. The molecule has 33 heavy (non-hydrogen) atoms. The highest BCUT2D eigenvalue weighted by atomic mass is 35.5. The van der Waals surface area contributed by atoms with E-state index in [1.165, 1.54) is 30.4 Å². The number of aromatic amines is 1. The summed E-state index contributed by atoms with van der Waals surface area (Å²) in [5, 5.41) is 14.2. The smallest absolute Gasteiger partial charge is 0.251 e. The van der Waals surface area contributed by atoms with E-state index in [0.29, 0.717) is 46.1 Å². The molecule has 1 aliphatic carbocycles. The quantitative estimate of drug-likeness (QED) is 0.376. The fraction of sp³-hybridized carbons (Fsp3) is 0.381. The van der Waals surface area contributed by atoms with Gasteiger partial charge in [0, 0.05) is 30.4 Å². The van der Waals surface area contributed by atoms with Crippen LogP contribution in [0.3, 0.4) is 0 Å². The number of hydrogen-bond donors (Lipinski definition) is 3. The number of aromatic nitrogens is 6. The molecule has 2 aliphatic rings. The maximum atomic E-state index is 13.3. The molecule has 1 atom stereocenters. The summed E-state index contributed by atoms with van der Waals surface area (Å²) in [5.41, 5.74) is 1.06. The Morgan fingerprint density at radius 1 is 1.36 bits per heavy atom. The number of hydrogen-bond acceptors (Lipinski definition) is 8. The molecule has 3 N–H and O–H groups in total. The number of amides is 1. The number of nitrogens with one attached hydrogen (secondary N) is 3. The maximum Gasteiger partial charge on any atom is 0.251 e. The van der Waals surface area contributed by atoms with E-state index >= 15 is 0 Å². The van der Waals surface area contributed by atoms with Crippen LogP contribution in [-0.4, -0.2) is 47.5 Å². The second-order valence-electron chi connectivity index (χ2n) is 8.64. The molecule has 1 saturated carbocycles. The summed E-state index contributed by atoms with van der Waals surface area (Å²) >= 11 is 7.21. The van der Waals surface area contributed by atoms with Crippen LogP contribution in [0.15, 0.2) is 30.6 Å². The lowest BCUT2D eigenvalue weighted by Gasteiger charge is -2.33. The van der Waals surface area contributed by atoms with Crippen molar-refractivity contribution in [1.29, 1.82) is 0 Å². The number of carbonyl (C=O) groups is 1. The Morgan fingerprint density at radius 3 is 3.03 bits per heavy atom. The van der Waals surface area contributed by atoms with E-state index in [-0.39, 0.29) is 5.91 Å². The van der Waals surface area contributed by atoms with E-state index < -0.39 is 5.54 Å². The summed E-state index contributed by atoms with van der Waals surface area (Å²) in [6.07, 6.45) is 7.36. The molecule has 10 nitrogen and oxygen atoms in total. The normalized spacial score (nSPS) is 20.5. The standard InChI is InChI=1S/C21H22ClN9OS/c1-21(17(32)26-20-23-11-14(22)33-20)7-3-9-31(21)19-25-16-4-2-8-30(16)18(27-19)24-15-10-13(28-29-15)12-5-6-12/h2,4,8,10-12H,3,5-7,9H2,1H3,(H,23,26,32)(H2,24,25,27,28,29)/t21-/m0/s1. The van der Waals surface area contributed by atoms with Gasteiger partial charge >= 0.3 is 0 Å². The van der Waals surface area contributed by atoms with Crippen LogP contribution in [0.4, 0.5) is 22.8 Å². The summed E-state index contributed by atoms with van der Waals surface area (Å²) in [5.74, 6) is 2.22. The SMILES string of the molecule is C[C@@]1(C(=O)Nc2ncc(Cl)s2)CCCN1c1nc(Nc2cc(C3CC3)[nH]n2)n2cccc2n1. The number of rotatable bonds is 6. The first kappa shape index (κ1) is 20.4. The summed E-state index contributed by atoms with van der Waals surface area (Å²) < 4.78 is 2.40. The second kappa shape index (κ2) is 7.70. The average Bonchev–Trinajstić information content (AvgIpc) is 3.17. The van der Waals surface area contributed by atoms with Gasteiger partial charge in [0.05, 0.1) is 6.20 Å². The van der Waals surface area contributed by atoms with Crippen molar-refractivity contribution in [2.24, 2.45) is 0 Å². The zero-order valence-electron chi connectivity index (χ0n) is 17.9. The third kappa shape index (κ3) is 3.70. The van der Waals surface area contributed by atoms with Crippen molar-refractivity contribution in [3.8, 4) is 0 Å². The van der Waals surface area contributed by atoms with Crippen LogP contribution in [0.5, 0.6) is 0 Å². The average molecular weight is 484 g/mol. The van der Waals surface area contributed by atoms with Gasteiger partial charge in [0.2, 0.25) is 11.9 Å². The van der Waals surface area contributed by atoms with E-state index in [2.05, 4.69) is 25.8 Å². The molecule has 6 rings (SSSR count). The number of fused-ring (bicyclic) bond motifs is 1. The van der Waals surface area contributed by atoms with Gasteiger partial charge in [-0.25, -0.2) is 4.98 Å². The van der Waals surface area contributed by atoms with Crippen LogP contribution >= 0.6 is 22.9 Å². The van der Waals surface area contributed by atoms with Crippen molar-refractivity contribution in [3.63, 3.8) is 0 Å². The number of H-pyrrole nitrogens is 1. The Bertz CT molecular complexity index is 1340. The van der Waals surface area contributed by atoms with Gasteiger partial charge in [-0.1, -0.05) is 22.9 Å². The first-order chi connectivity index (χ1) is 16.0. The van der Waals surface area contributed by atoms with Crippen LogP contribution < -0.4 is 15.5 Å². The minimum absolute atomic E-state index is 0.152. The van der Waals surface area contributed by atoms with Crippen LogP contribution in [0.1, 0.15) is 44.2 Å². The van der Waals surface area contributed by atoms with Crippen molar-refractivity contribution in [2.45, 2.75) is 44.1 Å². The lowest BCUT2D eigenvalue weighted by atomic mass is 9.98. The summed E-state index contributed by atoms with van der Waals surface area (Å²) in [6.45, 7) is 2.59. The largest absolute Gasteiger partial charge is 0.326 e. The molecule has 2 fully saturated rings. The fourth-order valence-electron chi connectivity index (χ4n) is 4.31. The third-order valence-electron chi connectivity index (χ3n) is 6.30. The minimum atomic E-state index is -0.814.